The predicted molar refractivity (Wildman–Crippen MR) is 123 cm³/mol. The highest BCUT2D eigenvalue weighted by atomic mass is 32.1. The molecule has 8 nitrogen and oxygen atoms in total. The predicted octanol–water partition coefficient (Wildman–Crippen LogP) is 4.04. The number of amides is 3. The Morgan fingerprint density at radius 1 is 1.09 bits per heavy atom. The first-order valence-electron chi connectivity index (χ1n) is 10.2. The molecule has 33 heavy (non-hydrogen) atoms. The van der Waals surface area contributed by atoms with Crippen molar-refractivity contribution in [1.29, 1.82) is 0 Å². The summed E-state index contributed by atoms with van der Waals surface area (Å²) in [7, 11) is 1.57. The SMILES string of the molecule is COc1ccc(C)c2sc(N(Cc3ccco3)C(=O)CN3C(=O)c4ccccc4C3=O)nc12. The van der Waals surface area contributed by atoms with Gasteiger partial charge in [-0.1, -0.05) is 29.5 Å². The summed E-state index contributed by atoms with van der Waals surface area (Å²) < 4.78 is 11.8. The minimum atomic E-state index is -0.483. The third kappa shape index (κ3) is 3.56. The number of imide groups is 1. The molecule has 0 N–H and O–H groups in total. The number of furan rings is 1. The molecule has 0 aliphatic carbocycles. The Labute approximate surface area is 193 Å². The molecule has 0 atom stereocenters. The van der Waals surface area contributed by atoms with E-state index >= 15 is 0 Å². The molecule has 5 rings (SSSR count). The molecule has 1 aliphatic heterocycles. The summed E-state index contributed by atoms with van der Waals surface area (Å²) in [5.41, 5.74) is 2.25. The standard InChI is InChI=1S/C24H19N3O5S/c1-14-9-10-18(31-2)20-21(14)33-24(25-20)26(12-15-6-5-11-32-15)19(28)13-27-22(29)16-7-3-4-8-17(16)23(27)30/h3-11H,12-13H2,1-2H3. The van der Waals surface area contributed by atoms with E-state index < -0.39 is 24.3 Å². The second-order valence-corrected chi connectivity index (χ2v) is 8.54. The number of fused-ring (bicyclic) bond motifs is 2. The number of hydrogen-bond donors (Lipinski definition) is 0. The number of hydrogen-bond acceptors (Lipinski definition) is 7. The Kier molecular flexibility index (Phi) is 5.18. The molecule has 0 spiro atoms. The zero-order valence-electron chi connectivity index (χ0n) is 17.9. The summed E-state index contributed by atoms with van der Waals surface area (Å²) in [5, 5.41) is 0.426. The fourth-order valence-electron chi connectivity index (χ4n) is 3.80. The van der Waals surface area contributed by atoms with Crippen LogP contribution in [0.25, 0.3) is 10.2 Å². The van der Waals surface area contributed by atoms with Crippen molar-refractivity contribution in [3.05, 3.63) is 77.2 Å². The van der Waals surface area contributed by atoms with Crippen molar-refractivity contribution in [1.82, 2.24) is 9.88 Å². The molecular weight excluding hydrogens is 442 g/mol. The number of aryl methyl sites for hydroxylation is 1. The van der Waals surface area contributed by atoms with Gasteiger partial charge in [-0.05, 0) is 42.8 Å². The van der Waals surface area contributed by atoms with Crippen molar-refractivity contribution in [2.24, 2.45) is 0 Å². The van der Waals surface area contributed by atoms with Crippen LogP contribution in [0.1, 0.15) is 32.0 Å². The Morgan fingerprint density at radius 2 is 1.82 bits per heavy atom. The smallest absolute Gasteiger partial charge is 0.262 e. The van der Waals surface area contributed by atoms with E-state index in [9.17, 15) is 14.4 Å². The molecule has 0 bridgehead atoms. The van der Waals surface area contributed by atoms with Gasteiger partial charge in [0.05, 0.1) is 35.7 Å². The van der Waals surface area contributed by atoms with Gasteiger partial charge in [-0.2, -0.15) is 0 Å². The van der Waals surface area contributed by atoms with Gasteiger partial charge in [0.1, 0.15) is 23.6 Å². The summed E-state index contributed by atoms with van der Waals surface area (Å²) in [6.07, 6.45) is 1.52. The Hall–Kier alpha value is -3.98. The van der Waals surface area contributed by atoms with Crippen molar-refractivity contribution in [2.75, 3.05) is 18.6 Å². The van der Waals surface area contributed by atoms with E-state index in [1.54, 1.807) is 43.5 Å². The number of ether oxygens (including phenoxy) is 1. The van der Waals surface area contributed by atoms with Crippen molar-refractivity contribution < 1.29 is 23.5 Å². The number of carbonyl (C=O) groups is 3. The fraction of sp³-hybridized carbons (Fsp3) is 0.167. The van der Waals surface area contributed by atoms with Crippen molar-refractivity contribution in [3.8, 4) is 5.75 Å². The summed E-state index contributed by atoms with van der Waals surface area (Å²) in [4.78, 5) is 46.1. The quantitative estimate of drug-likeness (QED) is 0.403. The highest BCUT2D eigenvalue weighted by Crippen LogP contribution is 2.37. The normalized spacial score (nSPS) is 13.0. The van der Waals surface area contributed by atoms with Gasteiger partial charge in [0.15, 0.2) is 5.13 Å². The van der Waals surface area contributed by atoms with Gasteiger partial charge >= 0.3 is 0 Å². The number of aromatic nitrogens is 1. The lowest BCUT2D eigenvalue weighted by Gasteiger charge is -2.21. The lowest BCUT2D eigenvalue weighted by Crippen LogP contribution is -2.42. The first-order chi connectivity index (χ1) is 16.0. The van der Waals surface area contributed by atoms with Gasteiger partial charge in [0, 0.05) is 0 Å². The Morgan fingerprint density at radius 3 is 2.45 bits per heavy atom. The number of thiazole rings is 1. The topological polar surface area (TPSA) is 93.0 Å². The summed E-state index contributed by atoms with van der Waals surface area (Å²) in [5.74, 6) is -0.262. The highest BCUT2D eigenvalue weighted by molar-refractivity contribution is 7.22. The van der Waals surface area contributed by atoms with Crippen molar-refractivity contribution in [3.63, 3.8) is 0 Å². The number of methoxy groups -OCH3 is 1. The lowest BCUT2D eigenvalue weighted by atomic mass is 10.1. The van der Waals surface area contributed by atoms with Gasteiger partial charge in [-0.25, -0.2) is 4.98 Å². The average molecular weight is 461 g/mol. The lowest BCUT2D eigenvalue weighted by molar-refractivity contribution is -0.119. The number of nitrogens with zero attached hydrogens (tertiary/aromatic N) is 3. The zero-order valence-corrected chi connectivity index (χ0v) is 18.7. The first-order valence-corrected chi connectivity index (χ1v) is 11.0. The molecule has 4 aromatic rings. The zero-order chi connectivity index (χ0) is 23.1. The number of anilines is 1. The number of benzene rings is 2. The second kappa shape index (κ2) is 8.18. The number of rotatable bonds is 6. The summed E-state index contributed by atoms with van der Waals surface area (Å²) in [6, 6.07) is 13.8. The van der Waals surface area contributed by atoms with Gasteiger partial charge < -0.3 is 9.15 Å². The molecule has 1 aliphatic rings. The van der Waals surface area contributed by atoms with E-state index in [1.807, 2.05) is 19.1 Å². The summed E-state index contributed by atoms with van der Waals surface area (Å²) in [6.45, 7) is 1.66. The maximum atomic E-state index is 13.5. The van der Waals surface area contributed by atoms with Gasteiger partial charge in [0.25, 0.3) is 11.8 Å². The van der Waals surface area contributed by atoms with Crippen LogP contribution in [0.3, 0.4) is 0 Å². The fourth-order valence-corrected chi connectivity index (χ4v) is 4.87. The average Bonchev–Trinajstić information content (AvgIpc) is 3.55. The van der Waals surface area contributed by atoms with Crippen LogP contribution in [-0.2, 0) is 11.3 Å². The van der Waals surface area contributed by atoms with E-state index in [0.717, 1.165) is 15.2 Å². The van der Waals surface area contributed by atoms with Crippen LogP contribution in [-0.4, -0.2) is 41.3 Å². The molecule has 0 radical (unpaired) electrons. The molecule has 2 aromatic carbocycles. The van der Waals surface area contributed by atoms with E-state index in [1.165, 1.54) is 22.5 Å². The molecule has 0 fully saturated rings. The van der Waals surface area contributed by atoms with E-state index in [4.69, 9.17) is 9.15 Å². The van der Waals surface area contributed by atoms with Crippen molar-refractivity contribution >= 4 is 44.4 Å². The maximum absolute atomic E-state index is 13.5. The largest absolute Gasteiger partial charge is 0.494 e. The van der Waals surface area contributed by atoms with Crippen LogP contribution < -0.4 is 9.64 Å². The monoisotopic (exact) mass is 461 g/mol. The van der Waals surface area contributed by atoms with Crippen LogP contribution in [0, 0.1) is 6.92 Å². The highest BCUT2D eigenvalue weighted by Gasteiger charge is 2.37. The van der Waals surface area contributed by atoms with Gasteiger partial charge in [-0.15, -0.1) is 0 Å². The first kappa shape index (κ1) is 20.9. The minimum absolute atomic E-state index is 0.107. The molecule has 166 valence electrons. The molecule has 3 heterocycles. The summed E-state index contributed by atoms with van der Waals surface area (Å²) >= 11 is 1.34. The van der Waals surface area contributed by atoms with E-state index in [0.29, 0.717) is 33.3 Å². The Bertz CT molecular complexity index is 1360. The Balaban J connectivity index is 1.51. The van der Waals surface area contributed by atoms with Crippen LogP contribution in [0.15, 0.2) is 59.2 Å². The minimum Gasteiger partial charge on any atom is -0.494 e. The van der Waals surface area contributed by atoms with E-state index in [-0.39, 0.29) is 6.54 Å². The van der Waals surface area contributed by atoms with Crippen molar-refractivity contribution in [2.45, 2.75) is 13.5 Å². The van der Waals surface area contributed by atoms with Gasteiger partial charge in [0.2, 0.25) is 5.91 Å². The van der Waals surface area contributed by atoms with Crippen LogP contribution in [0.4, 0.5) is 5.13 Å². The molecule has 3 amide bonds. The third-order valence-electron chi connectivity index (χ3n) is 5.51. The third-order valence-corrected chi connectivity index (χ3v) is 6.72. The van der Waals surface area contributed by atoms with Gasteiger partial charge in [-0.3, -0.25) is 24.2 Å². The second-order valence-electron chi connectivity index (χ2n) is 7.56. The molecule has 0 unspecified atom stereocenters. The molecule has 0 saturated carbocycles. The van der Waals surface area contributed by atoms with Crippen LogP contribution in [0.2, 0.25) is 0 Å². The van der Waals surface area contributed by atoms with Crippen LogP contribution >= 0.6 is 11.3 Å². The molecule has 9 heteroatoms. The molecule has 0 saturated heterocycles. The molecular formula is C24H19N3O5S. The molecule has 2 aromatic heterocycles. The van der Waals surface area contributed by atoms with Crippen LogP contribution in [0.5, 0.6) is 5.75 Å². The maximum Gasteiger partial charge on any atom is 0.262 e. The van der Waals surface area contributed by atoms with E-state index in [2.05, 4.69) is 4.98 Å². The number of carbonyl (C=O) groups excluding carboxylic acids is 3.